The quantitative estimate of drug-likeness (QED) is 0.594. The van der Waals surface area contributed by atoms with Crippen LogP contribution in [0.3, 0.4) is 0 Å². The zero-order valence-corrected chi connectivity index (χ0v) is 13.3. The van der Waals surface area contributed by atoms with Crippen molar-refractivity contribution < 1.29 is 4.79 Å². The zero-order chi connectivity index (χ0) is 14.1. The molecule has 2 nitrogen and oxygen atoms in total. The van der Waals surface area contributed by atoms with E-state index >= 15 is 0 Å². The second-order valence-electron chi connectivity index (χ2n) is 6.13. The molecule has 0 fully saturated rings. The largest absolute Gasteiger partial charge is 0.339 e. The van der Waals surface area contributed by atoms with Crippen LogP contribution in [0.25, 0.3) is 0 Å². The van der Waals surface area contributed by atoms with E-state index in [-0.39, 0.29) is 0 Å². The molecular weight excluding hydrogens is 222 g/mol. The predicted molar refractivity (Wildman–Crippen MR) is 79.6 cm³/mol. The van der Waals surface area contributed by atoms with Gasteiger partial charge in [-0.3, -0.25) is 4.79 Å². The van der Waals surface area contributed by atoms with Crippen LogP contribution in [0.1, 0.15) is 73.6 Å². The number of unbranched alkanes of at least 4 members (excludes halogenated alkanes) is 1. The van der Waals surface area contributed by atoms with Crippen LogP contribution in [0.2, 0.25) is 0 Å². The summed E-state index contributed by atoms with van der Waals surface area (Å²) in [5, 5.41) is 0. The minimum Gasteiger partial charge on any atom is -0.339 e. The van der Waals surface area contributed by atoms with Crippen LogP contribution in [0.4, 0.5) is 0 Å². The van der Waals surface area contributed by atoms with Crippen LogP contribution in [0, 0.1) is 11.8 Å². The molecule has 0 aromatic heterocycles. The van der Waals surface area contributed by atoms with Gasteiger partial charge >= 0.3 is 0 Å². The standard InChI is InChI=1S/C16H33NO/c1-7-9-10-16(18)17(11-8-2)15(14(5)6)12-13(3)4/h13-15H,7-12H2,1-6H3. The highest BCUT2D eigenvalue weighted by atomic mass is 16.2. The second-order valence-corrected chi connectivity index (χ2v) is 6.13. The first-order chi connectivity index (χ1) is 8.43. The van der Waals surface area contributed by atoms with Crippen molar-refractivity contribution >= 4 is 5.91 Å². The van der Waals surface area contributed by atoms with Crippen molar-refractivity contribution in [1.82, 2.24) is 4.90 Å². The average Bonchev–Trinajstić information content (AvgIpc) is 2.29. The summed E-state index contributed by atoms with van der Waals surface area (Å²) >= 11 is 0. The fourth-order valence-corrected chi connectivity index (χ4v) is 2.43. The van der Waals surface area contributed by atoms with E-state index in [0.29, 0.717) is 23.8 Å². The van der Waals surface area contributed by atoms with Gasteiger partial charge in [-0.05, 0) is 31.1 Å². The molecule has 1 atom stereocenters. The minimum absolute atomic E-state index is 0.359. The number of hydrogen-bond acceptors (Lipinski definition) is 1. The molecular formula is C16H33NO. The summed E-state index contributed by atoms with van der Waals surface area (Å²) in [6.45, 7) is 14.2. The Balaban J connectivity index is 4.72. The lowest BCUT2D eigenvalue weighted by Gasteiger charge is -2.35. The highest BCUT2D eigenvalue weighted by molar-refractivity contribution is 5.76. The van der Waals surface area contributed by atoms with Gasteiger partial charge in [0.25, 0.3) is 0 Å². The summed E-state index contributed by atoms with van der Waals surface area (Å²) in [6.07, 6.45) is 5.01. The predicted octanol–water partition coefficient (Wildman–Crippen LogP) is 4.49. The number of carbonyl (C=O) groups excluding carboxylic acids is 1. The Morgan fingerprint density at radius 3 is 2.06 bits per heavy atom. The van der Waals surface area contributed by atoms with E-state index in [2.05, 4.69) is 46.4 Å². The molecule has 0 aliphatic rings. The number of amides is 1. The molecule has 0 saturated heterocycles. The zero-order valence-electron chi connectivity index (χ0n) is 13.3. The number of hydrogen-bond donors (Lipinski definition) is 0. The van der Waals surface area contributed by atoms with Gasteiger partial charge in [0.05, 0.1) is 0 Å². The van der Waals surface area contributed by atoms with Gasteiger partial charge in [0.1, 0.15) is 0 Å². The highest BCUT2D eigenvalue weighted by Gasteiger charge is 2.25. The molecule has 0 heterocycles. The Bertz CT molecular complexity index is 223. The van der Waals surface area contributed by atoms with Crippen LogP contribution >= 0.6 is 0 Å². The Morgan fingerprint density at radius 1 is 1.06 bits per heavy atom. The van der Waals surface area contributed by atoms with Gasteiger partial charge in [-0.1, -0.05) is 48.0 Å². The van der Waals surface area contributed by atoms with Gasteiger partial charge in [0, 0.05) is 19.0 Å². The Morgan fingerprint density at radius 2 is 1.67 bits per heavy atom. The second kappa shape index (κ2) is 9.41. The van der Waals surface area contributed by atoms with Crippen LogP contribution < -0.4 is 0 Å². The average molecular weight is 255 g/mol. The first kappa shape index (κ1) is 17.5. The molecule has 0 radical (unpaired) electrons. The molecule has 108 valence electrons. The molecule has 2 heteroatoms. The van der Waals surface area contributed by atoms with Crippen molar-refractivity contribution in [2.24, 2.45) is 11.8 Å². The maximum absolute atomic E-state index is 12.3. The number of rotatable bonds is 9. The van der Waals surface area contributed by atoms with Crippen LogP contribution in [0.15, 0.2) is 0 Å². The molecule has 0 aromatic carbocycles. The maximum Gasteiger partial charge on any atom is 0.222 e. The Hall–Kier alpha value is -0.530. The van der Waals surface area contributed by atoms with E-state index in [4.69, 9.17) is 0 Å². The molecule has 18 heavy (non-hydrogen) atoms. The Labute approximate surface area is 114 Å². The lowest BCUT2D eigenvalue weighted by molar-refractivity contribution is -0.135. The molecule has 0 saturated carbocycles. The van der Waals surface area contributed by atoms with Crippen LogP contribution in [-0.2, 0) is 4.79 Å². The third kappa shape index (κ3) is 6.42. The number of carbonyl (C=O) groups is 1. The minimum atomic E-state index is 0.359. The van der Waals surface area contributed by atoms with E-state index < -0.39 is 0 Å². The van der Waals surface area contributed by atoms with Crippen LogP contribution in [0.5, 0.6) is 0 Å². The van der Waals surface area contributed by atoms with E-state index in [1.165, 1.54) is 0 Å². The van der Waals surface area contributed by atoms with Gasteiger partial charge in [0.2, 0.25) is 5.91 Å². The van der Waals surface area contributed by atoms with E-state index in [0.717, 1.165) is 38.6 Å². The summed E-state index contributed by atoms with van der Waals surface area (Å²) in [6, 6.07) is 0.411. The van der Waals surface area contributed by atoms with Crippen LogP contribution in [-0.4, -0.2) is 23.4 Å². The topological polar surface area (TPSA) is 20.3 Å². The molecule has 1 amide bonds. The van der Waals surface area contributed by atoms with Crippen molar-refractivity contribution in [3.8, 4) is 0 Å². The van der Waals surface area contributed by atoms with Crippen molar-refractivity contribution in [3.63, 3.8) is 0 Å². The third-order valence-electron chi connectivity index (χ3n) is 3.41. The molecule has 0 bridgehead atoms. The summed E-state index contributed by atoms with van der Waals surface area (Å²) in [5.74, 6) is 1.55. The van der Waals surface area contributed by atoms with E-state index in [1.807, 2.05) is 0 Å². The maximum atomic E-state index is 12.3. The summed E-state index contributed by atoms with van der Waals surface area (Å²) in [5.41, 5.74) is 0. The van der Waals surface area contributed by atoms with Crippen molar-refractivity contribution in [1.29, 1.82) is 0 Å². The molecule has 1 unspecified atom stereocenters. The molecule has 0 aromatic rings. The first-order valence-electron chi connectivity index (χ1n) is 7.73. The van der Waals surface area contributed by atoms with E-state index in [1.54, 1.807) is 0 Å². The van der Waals surface area contributed by atoms with Crippen molar-refractivity contribution in [3.05, 3.63) is 0 Å². The molecule has 0 aliphatic heterocycles. The van der Waals surface area contributed by atoms with E-state index in [9.17, 15) is 4.79 Å². The van der Waals surface area contributed by atoms with Crippen molar-refractivity contribution in [2.45, 2.75) is 79.7 Å². The van der Waals surface area contributed by atoms with Crippen molar-refractivity contribution in [2.75, 3.05) is 6.54 Å². The Kier molecular flexibility index (Phi) is 9.13. The SMILES string of the molecule is CCCCC(=O)N(CCC)C(CC(C)C)C(C)C. The van der Waals surface area contributed by atoms with Gasteiger partial charge < -0.3 is 4.90 Å². The van der Waals surface area contributed by atoms with Gasteiger partial charge in [0.15, 0.2) is 0 Å². The third-order valence-corrected chi connectivity index (χ3v) is 3.41. The summed E-state index contributed by atoms with van der Waals surface area (Å²) < 4.78 is 0. The lowest BCUT2D eigenvalue weighted by atomic mass is 9.92. The lowest BCUT2D eigenvalue weighted by Crippen LogP contribution is -2.44. The molecule has 0 spiro atoms. The fourth-order valence-electron chi connectivity index (χ4n) is 2.43. The van der Waals surface area contributed by atoms with Gasteiger partial charge in [-0.2, -0.15) is 0 Å². The molecule has 0 aliphatic carbocycles. The smallest absolute Gasteiger partial charge is 0.222 e. The molecule has 0 N–H and O–H groups in total. The van der Waals surface area contributed by atoms with Gasteiger partial charge in [-0.25, -0.2) is 0 Å². The monoisotopic (exact) mass is 255 g/mol. The summed E-state index contributed by atoms with van der Waals surface area (Å²) in [4.78, 5) is 14.5. The van der Waals surface area contributed by atoms with Gasteiger partial charge in [-0.15, -0.1) is 0 Å². The number of nitrogens with zero attached hydrogens (tertiary/aromatic N) is 1. The highest BCUT2D eigenvalue weighted by Crippen LogP contribution is 2.21. The first-order valence-corrected chi connectivity index (χ1v) is 7.73. The molecule has 0 rings (SSSR count). The normalized spacial score (nSPS) is 13.1. The fraction of sp³-hybridized carbons (Fsp3) is 0.938. The summed E-state index contributed by atoms with van der Waals surface area (Å²) in [7, 11) is 0.